The molecule has 0 heterocycles. The first-order chi connectivity index (χ1) is 15.6. The number of carbonyl (C=O) groups excluding carboxylic acids is 1. The average Bonchev–Trinajstić information content (AvgIpc) is 2.80. The zero-order valence-corrected chi connectivity index (χ0v) is 18.4. The fourth-order valence-corrected chi connectivity index (χ4v) is 2.87. The van der Waals surface area contributed by atoms with Crippen LogP contribution in [0.4, 0.5) is 0 Å². The first-order valence-corrected chi connectivity index (χ1v) is 10.5. The number of nitrogens with zero attached hydrogens (tertiary/aromatic N) is 1. The normalized spacial score (nSPS) is 10.8. The lowest BCUT2D eigenvalue weighted by Gasteiger charge is -2.14. The van der Waals surface area contributed by atoms with E-state index in [0.29, 0.717) is 24.7 Å². The zero-order chi connectivity index (χ0) is 22.6. The molecule has 0 spiro atoms. The smallest absolute Gasteiger partial charge is 0.260 e. The van der Waals surface area contributed by atoms with Crippen LogP contribution in [-0.4, -0.2) is 24.8 Å². The number of carbonyl (C=O) groups is 1. The molecule has 1 N–H and O–H groups in total. The molecule has 6 nitrogen and oxygen atoms in total. The van der Waals surface area contributed by atoms with E-state index in [2.05, 4.69) is 10.5 Å². The van der Waals surface area contributed by atoms with Gasteiger partial charge < -0.3 is 19.6 Å². The Morgan fingerprint density at radius 1 is 0.875 bits per heavy atom. The molecule has 0 aliphatic heterocycles. The molecule has 0 atom stereocenters. The van der Waals surface area contributed by atoms with Gasteiger partial charge in [-0.25, -0.2) is 0 Å². The maximum Gasteiger partial charge on any atom is 0.260 e. The second-order valence-electron chi connectivity index (χ2n) is 7.48. The van der Waals surface area contributed by atoms with E-state index in [1.807, 2.05) is 92.7 Å². The molecule has 0 saturated carbocycles. The topological polar surface area (TPSA) is 69.2 Å². The van der Waals surface area contributed by atoms with E-state index in [9.17, 15) is 4.79 Å². The van der Waals surface area contributed by atoms with Crippen molar-refractivity contribution in [3.05, 3.63) is 95.6 Å². The lowest BCUT2D eigenvalue weighted by atomic mass is 10.2. The Balaban J connectivity index is 1.67. The number of oxime groups is 1. The second kappa shape index (κ2) is 12.2. The lowest BCUT2D eigenvalue weighted by Crippen LogP contribution is -2.32. The van der Waals surface area contributed by atoms with Crippen LogP contribution in [-0.2, 0) is 22.8 Å². The van der Waals surface area contributed by atoms with E-state index in [-0.39, 0.29) is 18.6 Å². The molecule has 166 valence electrons. The Bertz CT molecular complexity index is 1000. The van der Waals surface area contributed by atoms with Crippen molar-refractivity contribution in [1.82, 2.24) is 5.32 Å². The van der Waals surface area contributed by atoms with Crippen LogP contribution in [0.1, 0.15) is 30.5 Å². The summed E-state index contributed by atoms with van der Waals surface area (Å²) < 4.78 is 12.1. The van der Waals surface area contributed by atoms with Crippen molar-refractivity contribution >= 4 is 12.1 Å². The number of ether oxygens (including phenoxy) is 2. The number of hydrogen-bond acceptors (Lipinski definition) is 5. The van der Waals surface area contributed by atoms with Crippen LogP contribution in [0.2, 0.25) is 0 Å². The van der Waals surface area contributed by atoms with Crippen LogP contribution in [0, 0.1) is 0 Å². The Kier molecular flexibility index (Phi) is 8.69. The number of nitrogens with one attached hydrogen (secondary N) is 1. The van der Waals surface area contributed by atoms with Crippen molar-refractivity contribution in [2.45, 2.75) is 33.1 Å². The molecule has 0 fully saturated rings. The fourth-order valence-electron chi connectivity index (χ4n) is 2.87. The van der Waals surface area contributed by atoms with Crippen LogP contribution in [0.15, 0.2) is 84.0 Å². The van der Waals surface area contributed by atoms with Crippen molar-refractivity contribution in [3.8, 4) is 11.5 Å². The standard InChI is InChI=1S/C26H28N2O4/c1-20(2)28-26(29)19-32-27-16-23-13-14-24(30-17-21-9-5-3-6-10-21)25(15-23)31-18-22-11-7-4-8-12-22/h3-16,20H,17-19H2,1-2H3,(H,28,29)/b27-16+. The van der Waals surface area contributed by atoms with Gasteiger partial charge in [0.1, 0.15) is 13.2 Å². The van der Waals surface area contributed by atoms with E-state index in [0.717, 1.165) is 16.7 Å². The molecule has 6 heteroatoms. The third kappa shape index (κ3) is 7.80. The summed E-state index contributed by atoms with van der Waals surface area (Å²) in [6.07, 6.45) is 1.54. The van der Waals surface area contributed by atoms with Crippen LogP contribution in [0.25, 0.3) is 0 Å². The third-order valence-corrected chi connectivity index (χ3v) is 4.36. The first-order valence-electron chi connectivity index (χ1n) is 10.5. The van der Waals surface area contributed by atoms with Crippen molar-refractivity contribution < 1.29 is 19.1 Å². The van der Waals surface area contributed by atoms with Crippen LogP contribution in [0.5, 0.6) is 11.5 Å². The Morgan fingerprint density at radius 2 is 1.47 bits per heavy atom. The quantitative estimate of drug-likeness (QED) is 0.352. The molecular formula is C26H28N2O4. The van der Waals surface area contributed by atoms with Gasteiger partial charge in [0.25, 0.3) is 5.91 Å². The van der Waals surface area contributed by atoms with Gasteiger partial charge in [-0.05, 0) is 43.2 Å². The van der Waals surface area contributed by atoms with E-state index in [4.69, 9.17) is 14.3 Å². The van der Waals surface area contributed by atoms with E-state index in [1.54, 1.807) is 6.21 Å². The summed E-state index contributed by atoms with van der Waals surface area (Å²) in [6.45, 7) is 4.49. The number of rotatable bonds is 11. The van der Waals surface area contributed by atoms with Gasteiger partial charge in [-0.15, -0.1) is 0 Å². The SMILES string of the molecule is CC(C)NC(=O)CO/N=C/c1ccc(OCc2ccccc2)c(OCc2ccccc2)c1. The van der Waals surface area contributed by atoms with Gasteiger partial charge in [0.2, 0.25) is 0 Å². The second-order valence-corrected chi connectivity index (χ2v) is 7.48. The van der Waals surface area contributed by atoms with Gasteiger partial charge in [0.15, 0.2) is 18.1 Å². The van der Waals surface area contributed by atoms with Crippen LogP contribution < -0.4 is 14.8 Å². The molecule has 0 unspecified atom stereocenters. The minimum atomic E-state index is -0.214. The minimum Gasteiger partial charge on any atom is -0.485 e. The fraction of sp³-hybridized carbons (Fsp3) is 0.231. The molecule has 0 radical (unpaired) electrons. The molecule has 3 aromatic carbocycles. The largest absolute Gasteiger partial charge is 0.485 e. The lowest BCUT2D eigenvalue weighted by molar-refractivity contribution is -0.126. The predicted octanol–water partition coefficient (Wildman–Crippen LogP) is 4.72. The van der Waals surface area contributed by atoms with Crippen molar-refractivity contribution in [2.75, 3.05) is 6.61 Å². The van der Waals surface area contributed by atoms with Crippen molar-refractivity contribution in [3.63, 3.8) is 0 Å². The summed E-state index contributed by atoms with van der Waals surface area (Å²) in [4.78, 5) is 16.7. The van der Waals surface area contributed by atoms with E-state index < -0.39 is 0 Å². The molecule has 0 aromatic heterocycles. The van der Waals surface area contributed by atoms with Gasteiger partial charge in [0, 0.05) is 11.6 Å². The predicted molar refractivity (Wildman–Crippen MR) is 125 cm³/mol. The Hall–Kier alpha value is -3.80. The zero-order valence-electron chi connectivity index (χ0n) is 18.4. The first kappa shape index (κ1) is 22.9. The molecule has 1 amide bonds. The third-order valence-electron chi connectivity index (χ3n) is 4.36. The number of benzene rings is 3. The van der Waals surface area contributed by atoms with Crippen molar-refractivity contribution in [1.29, 1.82) is 0 Å². The highest BCUT2D eigenvalue weighted by molar-refractivity contribution is 5.81. The summed E-state index contributed by atoms with van der Waals surface area (Å²) >= 11 is 0. The number of amides is 1. The molecule has 0 bridgehead atoms. The molecule has 0 aliphatic carbocycles. The van der Waals surface area contributed by atoms with Gasteiger partial charge in [-0.2, -0.15) is 0 Å². The van der Waals surface area contributed by atoms with Gasteiger partial charge >= 0.3 is 0 Å². The Morgan fingerprint density at radius 3 is 2.06 bits per heavy atom. The molecule has 3 rings (SSSR count). The van der Waals surface area contributed by atoms with Crippen LogP contribution >= 0.6 is 0 Å². The van der Waals surface area contributed by atoms with E-state index in [1.165, 1.54) is 0 Å². The summed E-state index contributed by atoms with van der Waals surface area (Å²) in [5.74, 6) is 1.03. The average molecular weight is 433 g/mol. The molecule has 32 heavy (non-hydrogen) atoms. The number of hydrogen-bond donors (Lipinski definition) is 1. The summed E-state index contributed by atoms with van der Waals surface area (Å²) in [6, 6.07) is 25.5. The van der Waals surface area contributed by atoms with Gasteiger partial charge in [-0.1, -0.05) is 65.8 Å². The molecule has 0 saturated heterocycles. The summed E-state index contributed by atoms with van der Waals surface area (Å²) in [5.41, 5.74) is 2.89. The van der Waals surface area contributed by atoms with E-state index >= 15 is 0 Å². The molecular weight excluding hydrogens is 404 g/mol. The monoisotopic (exact) mass is 432 g/mol. The molecule has 3 aromatic rings. The Labute approximate surface area is 188 Å². The maximum atomic E-state index is 11.6. The summed E-state index contributed by atoms with van der Waals surface area (Å²) in [5, 5.41) is 6.63. The highest BCUT2D eigenvalue weighted by Gasteiger charge is 2.08. The van der Waals surface area contributed by atoms with Crippen molar-refractivity contribution in [2.24, 2.45) is 5.16 Å². The van der Waals surface area contributed by atoms with Gasteiger partial charge in [-0.3, -0.25) is 4.79 Å². The molecule has 0 aliphatic rings. The minimum absolute atomic E-state index is 0.0582. The maximum absolute atomic E-state index is 11.6. The highest BCUT2D eigenvalue weighted by Crippen LogP contribution is 2.29. The highest BCUT2D eigenvalue weighted by atomic mass is 16.6. The summed E-state index contributed by atoms with van der Waals surface area (Å²) in [7, 11) is 0. The van der Waals surface area contributed by atoms with Gasteiger partial charge in [0.05, 0.1) is 6.21 Å². The van der Waals surface area contributed by atoms with Crippen LogP contribution in [0.3, 0.4) is 0 Å².